The predicted octanol–water partition coefficient (Wildman–Crippen LogP) is 2.32. The lowest BCUT2D eigenvalue weighted by Crippen LogP contribution is -2.44. The summed E-state index contributed by atoms with van der Waals surface area (Å²) in [6.07, 6.45) is 0. The molecule has 0 atom stereocenters. The molecule has 72 valence electrons. The first-order valence-electron chi connectivity index (χ1n) is 4.13. The summed E-state index contributed by atoms with van der Waals surface area (Å²) in [5, 5.41) is 0. The van der Waals surface area contributed by atoms with Gasteiger partial charge in [-0.25, -0.2) is 0 Å². The van der Waals surface area contributed by atoms with Gasteiger partial charge < -0.3 is 8.85 Å². The maximum atomic E-state index is 5.43. The lowest BCUT2D eigenvalue weighted by atomic mass is 11.3. The van der Waals surface area contributed by atoms with E-state index in [2.05, 4.69) is 31.9 Å². The average Bonchev–Trinajstić information content (AvgIpc) is 2.04. The van der Waals surface area contributed by atoms with E-state index in [-0.39, 0.29) is 0 Å². The van der Waals surface area contributed by atoms with Crippen molar-refractivity contribution in [2.24, 2.45) is 0 Å². The molecular weight excluding hydrogens is 184 g/mol. The second kappa shape index (κ2) is 4.36. The van der Waals surface area contributed by atoms with Gasteiger partial charge in [0.05, 0.1) is 8.07 Å². The van der Waals surface area contributed by atoms with Crippen molar-refractivity contribution in [2.45, 2.75) is 25.3 Å². The second-order valence-corrected chi connectivity index (χ2v) is 12.8. The van der Waals surface area contributed by atoms with Crippen LogP contribution in [0, 0.1) is 0 Å². The number of rotatable bonds is 5. The summed E-state index contributed by atoms with van der Waals surface area (Å²) in [5.41, 5.74) is 3.17. The maximum absolute atomic E-state index is 5.43. The monoisotopic (exact) mass is 204 g/mol. The minimum atomic E-state index is -1.86. The molecule has 0 heterocycles. The summed E-state index contributed by atoms with van der Waals surface area (Å²) in [7, 11) is 0.336. The summed E-state index contributed by atoms with van der Waals surface area (Å²) < 4.78 is 10.9. The van der Waals surface area contributed by atoms with Gasteiger partial charge in [0, 0.05) is 14.2 Å². The molecule has 0 aromatic carbocycles. The molecule has 0 bridgehead atoms. The Hall–Kier alpha value is 0.0938. The zero-order valence-electron chi connectivity index (χ0n) is 8.81. The highest BCUT2D eigenvalue weighted by molar-refractivity contribution is 6.93. The smallest absolute Gasteiger partial charge is 0.331 e. The zero-order valence-corrected chi connectivity index (χ0v) is 10.8. The largest absolute Gasteiger partial charge is 0.398 e. The van der Waals surface area contributed by atoms with Crippen molar-refractivity contribution < 1.29 is 8.85 Å². The quantitative estimate of drug-likeness (QED) is 0.640. The van der Waals surface area contributed by atoms with Gasteiger partial charge in [-0.15, -0.1) is 12.3 Å². The Morgan fingerprint density at radius 1 is 1.17 bits per heavy atom. The first kappa shape index (κ1) is 12.1. The van der Waals surface area contributed by atoms with Gasteiger partial charge in [-0.2, -0.15) is 0 Å². The SMILES string of the molecule is C=C[Si](C)(C)C[Si](C)(OC)OC. The van der Waals surface area contributed by atoms with E-state index in [1.54, 1.807) is 14.2 Å². The Labute approximate surface area is 77.8 Å². The molecular formula is C8H20O2Si2. The van der Waals surface area contributed by atoms with Crippen molar-refractivity contribution in [2.75, 3.05) is 14.2 Å². The highest BCUT2D eigenvalue weighted by Crippen LogP contribution is 2.21. The van der Waals surface area contributed by atoms with E-state index in [1.807, 2.05) is 0 Å². The maximum Gasteiger partial charge on any atom is 0.331 e. The van der Waals surface area contributed by atoms with Crippen molar-refractivity contribution in [3.8, 4) is 0 Å². The van der Waals surface area contributed by atoms with Crippen LogP contribution in [0.25, 0.3) is 0 Å². The van der Waals surface area contributed by atoms with Crippen molar-refractivity contribution >= 4 is 16.6 Å². The van der Waals surface area contributed by atoms with Crippen LogP contribution in [0.2, 0.25) is 25.3 Å². The standard InChI is InChI=1S/C8H20O2Si2/c1-7-11(4,5)8-12(6,9-2)10-3/h7H,1,8H2,2-6H3. The Bertz CT molecular complexity index is 153. The van der Waals surface area contributed by atoms with Crippen LogP contribution in [-0.4, -0.2) is 30.9 Å². The van der Waals surface area contributed by atoms with Crippen LogP contribution in [0.1, 0.15) is 0 Å². The van der Waals surface area contributed by atoms with E-state index in [0.29, 0.717) is 0 Å². The lowest BCUT2D eigenvalue weighted by molar-refractivity contribution is 0.255. The van der Waals surface area contributed by atoms with Gasteiger partial charge in [-0.05, 0) is 12.2 Å². The molecule has 0 radical (unpaired) electrons. The lowest BCUT2D eigenvalue weighted by Gasteiger charge is -2.29. The topological polar surface area (TPSA) is 18.5 Å². The molecule has 0 saturated carbocycles. The fourth-order valence-electron chi connectivity index (χ4n) is 1.13. The van der Waals surface area contributed by atoms with Gasteiger partial charge in [-0.3, -0.25) is 0 Å². The zero-order chi connectivity index (χ0) is 9.83. The fraction of sp³-hybridized carbons (Fsp3) is 0.750. The summed E-state index contributed by atoms with van der Waals surface area (Å²) in [6.45, 7) is 10.5. The molecule has 0 aliphatic rings. The van der Waals surface area contributed by atoms with E-state index in [1.165, 1.54) is 0 Å². The normalized spacial score (nSPS) is 13.1. The molecule has 0 rings (SSSR count). The van der Waals surface area contributed by atoms with E-state index >= 15 is 0 Å². The number of hydrogen-bond acceptors (Lipinski definition) is 2. The summed E-state index contributed by atoms with van der Waals surface area (Å²) in [6, 6.07) is 0. The van der Waals surface area contributed by atoms with Crippen molar-refractivity contribution in [3.05, 3.63) is 12.3 Å². The van der Waals surface area contributed by atoms with Crippen molar-refractivity contribution in [1.29, 1.82) is 0 Å². The second-order valence-electron chi connectivity index (χ2n) is 3.91. The summed E-state index contributed by atoms with van der Waals surface area (Å²) in [4.78, 5) is 0. The Morgan fingerprint density at radius 3 is 1.83 bits per heavy atom. The molecule has 12 heavy (non-hydrogen) atoms. The van der Waals surface area contributed by atoms with Gasteiger partial charge >= 0.3 is 8.56 Å². The van der Waals surface area contributed by atoms with Gasteiger partial charge in [0.25, 0.3) is 0 Å². The van der Waals surface area contributed by atoms with Crippen LogP contribution in [0.4, 0.5) is 0 Å². The van der Waals surface area contributed by atoms with Crippen LogP contribution >= 0.6 is 0 Å². The molecule has 0 unspecified atom stereocenters. The van der Waals surface area contributed by atoms with E-state index < -0.39 is 16.6 Å². The minimum absolute atomic E-state index is 1.08. The van der Waals surface area contributed by atoms with Crippen molar-refractivity contribution in [1.82, 2.24) is 0 Å². The third-order valence-corrected chi connectivity index (χ3v) is 11.2. The molecule has 0 aliphatic carbocycles. The molecule has 0 fully saturated rings. The fourth-order valence-corrected chi connectivity index (χ4v) is 9.65. The third-order valence-electron chi connectivity index (χ3n) is 2.19. The molecule has 0 saturated heterocycles. The van der Waals surface area contributed by atoms with Crippen LogP contribution in [0.5, 0.6) is 0 Å². The first-order chi connectivity index (χ1) is 5.39. The van der Waals surface area contributed by atoms with Crippen molar-refractivity contribution in [3.63, 3.8) is 0 Å². The Kier molecular flexibility index (Phi) is 4.40. The van der Waals surface area contributed by atoms with Gasteiger partial charge in [0.2, 0.25) is 0 Å². The molecule has 0 aliphatic heterocycles. The first-order valence-corrected chi connectivity index (χ1v) is 9.94. The molecule has 4 heteroatoms. The molecule has 0 aromatic heterocycles. The van der Waals surface area contributed by atoms with Crippen LogP contribution in [-0.2, 0) is 8.85 Å². The number of hydrogen-bond donors (Lipinski definition) is 0. The Morgan fingerprint density at radius 2 is 1.58 bits per heavy atom. The van der Waals surface area contributed by atoms with Gasteiger partial charge in [0.1, 0.15) is 0 Å². The highest BCUT2D eigenvalue weighted by atomic mass is 28.4. The summed E-state index contributed by atoms with van der Waals surface area (Å²) >= 11 is 0. The molecule has 0 aromatic rings. The van der Waals surface area contributed by atoms with Crippen LogP contribution in [0.15, 0.2) is 12.3 Å². The average molecular weight is 204 g/mol. The minimum Gasteiger partial charge on any atom is -0.398 e. The van der Waals surface area contributed by atoms with E-state index in [4.69, 9.17) is 8.85 Å². The molecule has 0 amide bonds. The van der Waals surface area contributed by atoms with Crippen LogP contribution < -0.4 is 0 Å². The van der Waals surface area contributed by atoms with Gasteiger partial charge in [-0.1, -0.05) is 13.1 Å². The molecule has 0 spiro atoms. The van der Waals surface area contributed by atoms with E-state index in [0.717, 1.165) is 5.67 Å². The molecule has 0 N–H and O–H groups in total. The highest BCUT2D eigenvalue weighted by Gasteiger charge is 2.36. The Balaban J connectivity index is 4.29. The molecule has 2 nitrogen and oxygen atoms in total. The van der Waals surface area contributed by atoms with E-state index in [9.17, 15) is 0 Å². The van der Waals surface area contributed by atoms with Gasteiger partial charge in [0.15, 0.2) is 0 Å². The van der Waals surface area contributed by atoms with Crippen LogP contribution in [0.3, 0.4) is 0 Å². The summed E-state index contributed by atoms with van der Waals surface area (Å²) in [5.74, 6) is 0. The predicted molar refractivity (Wildman–Crippen MR) is 58.1 cm³/mol. The third kappa shape index (κ3) is 3.66.